The van der Waals surface area contributed by atoms with Gasteiger partial charge >= 0.3 is 0 Å². The van der Waals surface area contributed by atoms with E-state index in [9.17, 15) is 5.26 Å². The molecule has 1 aliphatic rings. The van der Waals surface area contributed by atoms with Crippen molar-refractivity contribution in [2.24, 2.45) is 0 Å². The van der Waals surface area contributed by atoms with Crippen molar-refractivity contribution >= 4 is 23.5 Å². The van der Waals surface area contributed by atoms with Gasteiger partial charge in [0.25, 0.3) is 5.70 Å². The van der Waals surface area contributed by atoms with Gasteiger partial charge in [-0.3, -0.25) is 0 Å². The molecule has 1 heterocycles. The van der Waals surface area contributed by atoms with E-state index < -0.39 is 0 Å². The molecular formula is C32H38N4O. The molecule has 37 heavy (non-hydrogen) atoms. The Morgan fingerprint density at radius 2 is 1.11 bits per heavy atom. The van der Waals surface area contributed by atoms with Crippen molar-refractivity contribution in [3.63, 3.8) is 0 Å². The van der Waals surface area contributed by atoms with Crippen LogP contribution in [0.25, 0.3) is 17.0 Å². The molecule has 0 saturated carbocycles. The third-order valence-electron chi connectivity index (χ3n) is 5.02. The van der Waals surface area contributed by atoms with E-state index in [1.807, 2.05) is 145 Å². The fourth-order valence-electron chi connectivity index (χ4n) is 3.12. The van der Waals surface area contributed by atoms with E-state index in [0.717, 1.165) is 22.5 Å². The smallest absolute Gasteiger partial charge is 0.269 e. The number of ether oxygens (including phenoxy) is 1. The SMILES string of the molecule is CC.CC.[C-]#[N+]C(C#N)=C1C=C(/C=C/c2ccc(N(C)C)cc2)OC(/C=C/c2ccc(N(C)C)cc2)=C1. The molecule has 0 amide bonds. The van der Waals surface area contributed by atoms with Crippen LogP contribution in [0.15, 0.2) is 95.6 Å². The fourth-order valence-corrected chi connectivity index (χ4v) is 3.12. The molecule has 2 aromatic rings. The second-order valence-electron chi connectivity index (χ2n) is 7.86. The summed E-state index contributed by atoms with van der Waals surface area (Å²) >= 11 is 0. The lowest BCUT2D eigenvalue weighted by Crippen LogP contribution is -2.07. The molecule has 192 valence electrons. The summed E-state index contributed by atoms with van der Waals surface area (Å²) in [6.07, 6.45) is 11.0. The Balaban J connectivity index is 0.00000163. The lowest BCUT2D eigenvalue weighted by atomic mass is 10.1. The summed E-state index contributed by atoms with van der Waals surface area (Å²) in [6.45, 7) is 15.3. The Hall–Kier alpha value is -4.48. The highest BCUT2D eigenvalue weighted by atomic mass is 16.5. The van der Waals surface area contributed by atoms with Crippen molar-refractivity contribution < 1.29 is 4.74 Å². The Bertz CT molecular complexity index is 1130. The zero-order valence-electron chi connectivity index (χ0n) is 23.3. The molecule has 5 nitrogen and oxygen atoms in total. The van der Waals surface area contributed by atoms with Crippen LogP contribution in [0, 0.1) is 17.9 Å². The maximum absolute atomic E-state index is 9.34. The van der Waals surface area contributed by atoms with E-state index in [2.05, 4.69) is 4.85 Å². The Kier molecular flexibility index (Phi) is 13.4. The molecule has 2 aromatic carbocycles. The van der Waals surface area contributed by atoms with Gasteiger partial charge in [-0.2, -0.15) is 0 Å². The number of hydrogen-bond donors (Lipinski definition) is 0. The van der Waals surface area contributed by atoms with Crippen molar-refractivity contribution in [2.45, 2.75) is 27.7 Å². The third-order valence-corrected chi connectivity index (χ3v) is 5.02. The molecule has 3 rings (SSSR count). The zero-order chi connectivity index (χ0) is 27.8. The van der Waals surface area contributed by atoms with Crippen molar-refractivity contribution in [1.29, 1.82) is 5.26 Å². The van der Waals surface area contributed by atoms with Crippen molar-refractivity contribution in [1.82, 2.24) is 0 Å². The first kappa shape index (κ1) is 30.6. The van der Waals surface area contributed by atoms with Crippen LogP contribution in [-0.4, -0.2) is 28.2 Å². The first-order valence-electron chi connectivity index (χ1n) is 12.4. The molecule has 0 spiro atoms. The van der Waals surface area contributed by atoms with Gasteiger partial charge in [0.1, 0.15) is 11.5 Å². The minimum Gasteiger partial charge on any atom is -0.457 e. The summed E-state index contributed by atoms with van der Waals surface area (Å²) in [4.78, 5) is 7.44. The molecule has 0 bridgehead atoms. The average molecular weight is 495 g/mol. The van der Waals surface area contributed by atoms with Crippen molar-refractivity contribution in [2.75, 3.05) is 38.0 Å². The predicted octanol–water partition coefficient (Wildman–Crippen LogP) is 8.09. The summed E-state index contributed by atoms with van der Waals surface area (Å²) < 4.78 is 6.01. The zero-order valence-corrected chi connectivity index (χ0v) is 23.3. The molecule has 0 N–H and O–H groups in total. The number of rotatable bonds is 6. The van der Waals surface area contributed by atoms with Gasteiger partial charge in [0.05, 0.1) is 12.6 Å². The molecular weight excluding hydrogens is 456 g/mol. The first-order valence-corrected chi connectivity index (χ1v) is 12.4. The van der Waals surface area contributed by atoms with Gasteiger partial charge in [-0.25, -0.2) is 10.1 Å². The van der Waals surface area contributed by atoms with E-state index in [1.165, 1.54) is 0 Å². The quantitative estimate of drug-likeness (QED) is 0.301. The molecule has 0 unspecified atom stereocenters. The second kappa shape index (κ2) is 16.2. The lowest BCUT2D eigenvalue weighted by Gasteiger charge is -2.15. The van der Waals surface area contributed by atoms with Gasteiger partial charge < -0.3 is 14.5 Å². The van der Waals surface area contributed by atoms with E-state index in [0.29, 0.717) is 17.1 Å². The van der Waals surface area contributed by atoms with Crippen LogP contribution in [0.1, 0.15) is 38.8 Å². The van der Waals surface area contributed by atoms with Gasteiger partial charge in [0.2, 0.25) is 0 Å². The number of hydrogen-bond acceptors (Lipinski definition) is 4. The highest BCUT2D eigenvalue weighted by molar-refractivity contribution is 5.61. The van der Waals surface area contributed by atoms with Crippen molar-refractivity contribution in [3.05, 3.63) is 118 Å². The minimum absolute atomic E-state index is 0.0285. The minimum atomic E-state index is 0.0285. The first-order chi connectivity index (χ1) is 17.9. The summed E-state index contributed by atoms with van der Waals surface area (Å²) in [5, 5.41) is 9.34. The Morgan fingerprint density at radius 1 is 0.730 bits per heavy atom. The van der Waals surface area contributed by atoms with E-state index in [1.54, 1.807) is 12.2 Å². The summed E-state index contributed by atoms with van der Waals surface area (Å²) in [5.74, 6) is 1.12. The van der Waals surface area contributed by atoms with E-state index >= 15 is 0 Å². The molecule has 0 aliphatic carbocycles. The van der Waals surface area contributed by atoms with Gasteiger partial charge in [-0.15, -0.1) is 0 Å². The highest BCUT2D eigenvalue weighted by Crippen LogP contribution is 2.25. The Labute approximate surface area is 223 Å². The monoisotopic (exact) mass is 494 g/mol. The van der Waals surface area contributed by atoms with Gasteiger partial charge in [-0.05, 0) is 65.3 Å². The van der Waals surface area contributed by atoms with Crippen LogP contribution < -0.4 is 9.80 Å². The van der Waals surface area contributed by atoms with Gasteiger partial charge in [0, 0.05) is 39.6 Å². The lowest BCUT2D eigenvalue weighted by molar-refractivity contribution is 0.332. The molecule has 0 saturated heterocycles. The van der Waals surface area contributed by atoms with Crippen molar-refractivity contribution in [3.8, 4) is 6.07 Å². The number of allylic oxidation sites excluding steroid dienone is 6. The number of nitrogens with zero attached hydrogens (tertiary/aromatic N) is 4. The summed E-state index contributed by atoms with van der Waals surface area (Å²) in [5.41, 5.74) is 4.85. The molecule has 0 fully saturated rings. The van der Waals surface area contributed by atoms with Crippen LogP contribution in [0.2, 0.25) is 0 Å². The van der Waals surface area contributed by atoms with Crippen LogP contribution in [0.5, 0.6) is 0 Å². The highest BCUT2D eigenvalue weighted by Gasteiger charge is 2.12. The number of benzene rings is 2. The Morgan fingerprint density at radius 3 is 1.41 bits per heavy atom. The van der Waals surface area contributed by atoms with Crippen LogP contribution in [0.3, 0.4) is 0 Å². The maximum Gasteiger partial charge on any atom is 0.269 e. The standard InChI is InChI=1S/C28H26N4O.2C2H6/c1-30-28(20-29)23-18-26(16-10-21-6-12-24(13-7-21)31(2)3)33-27(19-23)17-11-22-8-14-25(15-9-22)32(4)5;2*1-2/h6-19H,2-5H3;2*1-2H3/b16-10+,17-11+;;. The molecule has 0 radical (unpaired) electrons. The topological polar surface area (TPSA) is 43.9 Å². The fraction of sp³-hybridized carbons (Fsp3) is 0.250. The maximum atomic E-state index is 9.34. The predicted molar refractivity (Wildman–Crippen MR) is 159 cm³/mol. The van der Waals surface area contributed by atoms with Gasteiger partial charge in [0.15, 0.2) is 0 Å². The van der Waals surface area contributed by atoms with E-state index in [-0.39, 0.29) is 5.70 Å². The average Bonchev–Trinajstić information content (AvgIpc) is 2.94. The number of anilines is 2. The molecule has 0 aromatic heterocycles. The molecule has 0 atom stereocenters. The summed E-state index contributed by atoms with van der Waals surface area (Å²) in [7, 11) is 8.01. The van der Waals surface area contributed by atoms with Crippen LogP contribution in [-0.2, 0) is 4.74 Å². The largest absolute Gasteiger partial charge is 0.457 e. The number of nitriles is 1. The normalized spacial score (nSPS) is 12.0. The third kappa shape index (κ3) is 9.59. The summed E-state index contributed by atoms with van der Waals surface area (Å²) in [6, 6.07) is 18.3. The van der Waals surface area contributed by atoms with E-state index in [4.69, 9.17) is 11.3 Å². The van der Waals surface area contributed by atoms with Gasteiger partial charge in [-0.1, -0.05) is 64.1 Å². The molecule has 5 heteroatoms. The van der Waals surface area contributed by atoms with Crippen LogP contribution in [0.4, 0.5) is 11.4 Å². The second-order valence-corrected chi connectivity index (χ2v) is 7.86. The molecule has 1 aliphatic heterocycles. The van der Waals surface area contributed by atoms with Crippen LogP contribution >= 0.6 is 0 Å².